The van der Waals surface area contributed by atoms with E-state index >= 15 is 0 Å². The lowest BCUT2D eigenvalue weighted by Crippen LogP contribution is -2.33. The lowest BCUT2D eigenvalue weighted by molar-refractivity contribution is -0.840. The monoisotopic (exact) mass is 307 g/mol. The van der Waals surface area contributed by atoms with Gasteiger partial charge in [-0.1, -0.05) is 54.6 Å². The Labute approximate surface area is 139 Å². The molecule has 0 radical (unpaired) electrons. The SMILES string of the molecule is Cc1cccc2c1C=Cc1ccccc1C2CCC[N+](C)(C)[O-]. The topological polar surface area (TPSA) is 23.1 Å². The molecule has 0 saturated heterocycles. The molecular formula is C21H25NO. The van der Waals surface area contributed by atoms with Gasteiger partial charge in [0.05, 0.1) is 20.6 Å². The highest BCUT2D eigenvalue weighted by molar-refractivity contribution is 5.77. The first kappa shape index (κ1) is 16.0. The van der Waals surface area contributed by atoms with Gasteiger partial charge in [-0.25, -0.2) is 0 Å². The van der Waals surface area contributed by atoms with Crippen molar-refractivity contribution in [2.24, 2.45) is 0 Å². The third kappa shape index (κ3) is 3.54. The van der Waals surface area contributed by atoms with Crippen LogP contribution in [0.3, 0.4) is 0 Å². The summed E-state index contributed by atoms with van der Waals surface area (Å²) in [5.74, 6) is 0.364. The predicted octanol–water partition coefficient (Wildman–Crippen LogP) is 4.97. The number of benzene rings is 2. The molecule has 3 rings (SSSR count). The van der Waals surface area contributed by atoms with Crippen molar-refractivity contribution in [3.63, 3.8) is 0 Å². The van der Waals surface area contributed by atoms with E-state index in [1.807, 2.05) is 0 Å². The molecule has 0 saturated carbocycles. The largest absolute Gasteiger partial charge is 0.633 e. The number of aryl methyl sites for hydroxylation is 1. The van der Waals surface area contributed by atoms with Crippen LogP contribution in [0.1, 0.15) is 46.6 Å². The summed E-state index contributed by atoms with van der Waals surface area (Å²) < 4.78 is -0.215. The highest BCUT2D eigenvalue weighted by Gasteiger charge is 2.22. The Morgan fingerprint density at radius 1 is 0.957 bits per heavy atom. The van der Waals surface area contributed by atoms with Crippen molar-refractivity contribution in [3.05, 3.63) is 75.5 Å². The number of fused-ring (bicyclic) bond motifs is 2. The fraction of sp³-hybridized carbons (Fsp3) is 0.333. The molecule has 0 heterocycles. The molecule has 2 aromatic rings. The molecule has 1 aliphatic carbocycles. The lowest BCUT2D eigenvalue weighted by atomic mass is 9.83. The molecule has 2 nitrogen and oxygen atoms in total. The summed E-state index contributed by atoms with van der Waals surface area (Å²) in [6.45, 7) is 2.83. The molecule has 0 amide bonds. The van der Waals surface area contributed by atoms with Crippen LogP contribution in [0.15, 0.2) is 42.5 Å². The maximum atomic E-state index is 11.9. The van der Waals surface area contributed by atoms with Crippen molar-refractivity contribution in [1.82, 2.24) is 0 Å². The molecule has 2 heteroatoms. The van der Waals surface area contributed by atoms with Crippen LogP contribution in [-0.2, 0) is 0 Å². The van der Waals surface area contributed by atoms with E-state index in [4.69, 9.17) is 0 Å². The number of nitrogens with zero attached hydrogens (tertiary/aromatic N) is 1. The Hall–Kier alpha value is -1.90. The second-order valence-electron chi connectivity index (χ2n) is 7.03. The normalized spacial score (nSPS) is 16.6. The molecule has 0 aromatic heterocycles. The smallest absolute Gasteiger partial charge is 0.0780 e. The van der Waals surface area contributed by atoms with Crippen molar-refractivity contribution in [1.29, 1.82) is 0 Å². The molecule has 0 fully saturated rings. The van der Waals surface area contributed by atoms with Gasteiger partial charge in [-0.2, -0.15) is 0 Å². The predicted molar refractivity (Wildman–Crippen MR) is 98.0 cm³/mol. The van der Waals surface area contributed by atoms with Gasteiger partial charge in [0.1, 0.15) is 0 Å². The first-order chi connectivity index (χ1) is 11.0. The number of hydroxylamine groups is 3. The van der Waals surface area contributed by atoms with Crippen LogP contribution in [0.25, 0.3) is 12.2 Å². The van der Waals surface area contributed by atoms with Crippen LogP contribution in [0.4, 0.5) is 0 Å². The van der Waals surface area contributed by atoms with E-state index in [0.29, 0.717) is 12.5 Å². The number of hydrogen-bond donors (Lipinski definition) is 0. The molecule has 1 aliphatic rings. The standard InChI is InChI=1S/C21H25NO/c1-16-8-6-11-20-18(16)14-13-17-9-4-5-10-19(17)21(20)12-7-15-22(2,3)23/h4-6,8-11,13-14,21H,7,12,15H2,1-3H3. The highest BCUT2D eigenvalue weighted by atomic mass is 16.5. The number of quaternary nitrogens is 1. The first-order valence-corrected chi connectivity index (χ1v) is 8.36. The molecule has 0 aliphatic heterocycles. The third-order valence-corrected chi connectivity index (χ3v) is 4.72. The van der Waals surface area contributed by atoms with Gasteiger partial charge in [-0.15, -0.1) is 0 Å². The fourth-order valence-electron chi connectivity index (χ4n) is 3.54. The maximum Gasteiger partial charge on any atom is 0.0780 e. The Bertz CT molecular complexity index is 725. The van der Waals surface area contributed by atoms with Crippen molar-refractivity contribution in [2.75, 3.05) is 20.6 Å². The van der Waals surface area contributed by atoms with Gasteiger partial charge < -0.3 is 9.85 Å². The summed E-state index contributed by atoms with van der Waals surface area (Å²) in [6.07, 6.45) is 6.42. The van der Waals surface area contributed by atoms with Gasteiger partial charge in [0.25, 0.3) is 0 Å². The van der Waals surface area contributed by atoms with E-state index in [9.17, 15) is 5.21 Å². The zero-order chi connectivity index (χ0) is 16.4. The van der Waals surface area contributed by atoms with E-state index in [0.717, 1.165) is 12.8 Å². The van der Waals surface area contributed by atoms with Crippen LogP contribution in [0.2, 0.25) is 0 Å². The average Bonchev–Trinajstić information content (AvgIpc) is 2.65. The molecule has 0 spiro atoms. The third-order valence-electron chi connectivity index (χ3n) is 4.72. The van der Waals surface area contributed by atoms with E-state index in [1.54, 1.807) is 14.1 Å². The highest BCUT2D eigenvalue weighted by Crippen LogP contribution is 2.38. The van der Waals surface area contributed by atoms with Crippen molar-refractivity contribution in [2.45, 2.75) is 25.7 Å². The van der Waals surface area contributed by atoms with Crippen LogP contribution >= 0.6 is 0 Å². The Kier molecular flexibility index (Phi) is 4.38. The number of rotatable bonds is 4. The van der Waals surface area contributed by atoms with E-state index in [1.165, 1.54) is 27.8 Å². The zero-order valence-electron chi connectivity index (χ0n) is 14.3. The minimum absolute atomic E-state index is 0.215. The molecule has 2 aromatic carbocycles. The summed E-state index contributed by atoms with van der Waals surface area (Å²) in [4.78, 5) is 0. The van der Waals surface area contributed by atoms with Gasteiger partial charge in [0.15, 0.2) is 0 Å². The lowest BCUT2D eigenvalue weighted by Gasteiger charge is -2.34. The van der Waals surface area contributed by atoms with Crippen LogP contribution in [0, 0.1) is 12.1 Å². The molecule has 1 atom stereocenters. The van der Waals surface area contributed by atoms with E-state index in [2.05, 4.69) is 61.5 Å². The van der Waals surface area contributed by atoms with Gasteiger partial charge in [0, 0.05) is 5.92 Å². The second-order valence-corrected chi connectivity index (χ2v) is 7.03. The van der Waals surface area contributed by atoms with Crippen LogP contribution in [-0.4, -0.2) is 25.3 Å². The Morgan fingerprint density at radius 3 is 2.48 bits per heavy atom. The Balaban J connectivity index is 2.00. The van der Waals surface area contributed by atoms with Crippen molar-refractivity contribution in [3.8, 4) is 0 Å². The summed E-state index contributed by atoms with van der Waals surface area (Å²) >= 11 is 0. The number of hydrogen-bond acceptors (Lipinski definition) is 1. The summed E-state index contributed by atoms with van der Waals surface area (Å²) in [7, 11) is 3.45. The van der Waals surface area contributed by atoms with Gasteiger partial charge in [-0.3, -0.25) is 0 Å². The molecule has 0 bridgehead atoms. The van der Waals surface area contributed by atoms with Crippen LogP contribution in [0.5, 0.6) is 0 Å². The van der Waals surface area contributed by atoms with Gasteiger partial charge in [-0.05, 0) is 47.6 Å². The molecule has 23 heavy (non-hydrogen) atoms. The van der Waals surface area contributed by atoms with Crippen molar-refractivity contribution < 1.29 is 4.65 Å². The maximum absolute atomic E-state index is 11.9. The van der Waals surface area contributed by atoms with Gasteiger partial charge >= 0.3 is 0 Å². The fourth-order valence-corrected chi connectivity index (χ4v) is 3.54. The van der Waals surface area contributed by atoms with Gasteiger partial charge in [0.2, 0.25) is 0 Å². The quantitative estimate of drug-likeness (QED) is 0.578. The summed E-state index contributed by atoms with van der Waals surface area (Å²) in [6, 6.07) is 15.2. The Morgan fingerprint density at radius 2 is 1.70 bits per heavy atom. The summed E-state index contributed by atoms with van der Waals surface area (Å²) in [5.41, 5.74) is 6.72. The van der Waals surface area contributed by atoms with E-state index < -0.39 is 0 Å². The molecule has 0 N–H and O–H groups in total. The minimum atomic E-state index is -0.215. The molecule has 1 unspecified atom stereocenters. The molecule has 120 valence electrons. The zero-order valence-corrected chi connectivity index (χ0v) is 14.3. The minimum Gasteiger partial charge on any atom is -0.633 e. The van der Waals surface area contributed by atoms with Crippen molar-refractivity contribution >= 4 is 12.2 Å². The second kappa shape index (κ2) is 6.31. The summed E-state index contributed by atoms with van der Waals surface area (Å²) in [5, 5.41) is 11.9. The van der Waals surface area contributed by atoms with Crippen LogP contribution < -0.4 is 0 Å². The van der Waals surface area contributed by atoms with E-state index in [-0.39, 0.29) is 4.65 Å². The molecular weight excluding hydrogens is 282 g/mol. The average molecular weight is 307 g/mol. The first-order valence-electron chi connectivity index (χ1n) is 8.36.